The van der Waals surface area contributed by atoms with Gasteiger partial charge in [-0.1, -0.05) is 340 Å². The molecule has 0 saturated carbocycles. The molecule has 6 aromatic heterocycles. The summed E-state index contributed by atoms with van der Waals surface area (Å²) in [6.45, 7) is 8.35. The lowest BCUT2D eigenvalue weighted by Crippen LogP contribution is -2.41. The highest BCUT2D eigenvalue weighted by Gasteiger charge is 2.52. The lowest BCUT2D eigenvalue weighted by Gasteiger charge is -2.32. The molecule has 1 aliphatic heterocycles. The van der Waals surface area contributed by atoms with Crippen molar-refractivity contribution in [2.45, 2.75) is 38.9 Å². The minimum absolute atomic E-state index is 0.190. The Morgan fingerprint density at radius 3 is 1.06 bits per heavy atom. The van der Waals surface area contributed by atoms with E-state index in [1.165, 1.54) is 51.8 Å². The summed E-state index contributed by atoms with van der Waals surface area (Å²) in [4.78, 5) is 29.3. The molecular weight excluding hydrogens is 1560 g/mol. The van der Waals surface area contributed by atoms with Crippen molar-refractivity contribution in [1.29, 1.82) is 0 Å². The maximum absolute atomic E-state index is 6.44. The van der Waals surface area contributed by atoms with Crippen LogP contribution in [0.1, 0.15) is 27.7 Å². The third kappa shape index (κ3) is 13.9. The van der Waals surface area contributed by atoms with E-state index in [9.17, 15) is 0 Å². The Morgan fingerprint density at radius 2 is 0.566 bits per heavy atom. The molecule has 0 aliphatic carbocycles. The number of halogens is 1. The van der Waals surface area contributed by atoms with E-state index in [0.717, 1.165) is 132 Å². The van der Waals surface area contributed by atoms with Gasteiger partial charge in [0.05, 0.1) is 11.2 Å². The molecule has 16 aromatic carbocycles. The van der Waals surface area contributed by atoms with Crippen molar-refractivity contribution in [1.82, 2.24) is 29.9 Å². The van der Waals surface area contributed by atoms with Gasteiger partial charge in [-0.05, 0) is 137 Å². The van der Waals surface area contributed by atoms with Gasteiger partial charge < -0.3 is 18.1 Å². The Bertz CT molecular complexity index is 7750. The number of aromatic nitrogens is 6. The maximum atomic E-state index is 6.44. The average molecular weight is 1630 g/mol. The van der Waals surface area contributed by atoms with E-state index in [1.807, 2.05) is 96.3 Å². The highest BCUT2D eigenvalue weighted by atomic mass is 35.5. The molecule has 10 nitrogen and oxygen atoms in total. The van der Waals surface area contributed by atoms with Crippen LogP contribution < -0.4 is 5.46 Å². The molecule has 23 rings (SSSR count). The Morgan fingerprint density at radius 1 is 0.254 bits per heavy atom. The van der Waals surface area contributed by atoms with Crippen molar-refractivity contribution in [3.05, 3.63) is 381 Å². The summed E-state index contributed by atoms with van der Waals surface area (Å²) in [6, 6.07) is 130. The van der Waals surface area contributed by atoms with Gasteiger partial charge in [0.2, 0.25) is 5.28 Å². The highest BCUT2D eigenvalue weighted by Crippen LogP contribution is 2.48. The molecule has 14 heteroatoms. The second kappa shape index (κ2) is 31.5. The quantitative estimate of drug-likeness (QED) is 0.109. The molecule has 0 spiro atoms. The Hall–Kier alpha value is -14.1. The van der Waals surface area contributed by atoms with Gasteiger partial charge in [-0.25, -0.2) is 19.9 Å². The lowest BCUT2D eigenvalue weighted by molar-refractivity contribution is 0.00578. The first-order chi connectivity index (χ1) is 59.9. The molecular formula is C108H74BClN6O4S2. The van der Waals surface area contributed by atoms with E-state index in [0.29, 0.717) is 29.1 Å². The summed E-state index contributed by atoms with van der Waals surface area (Å²) in [7, 11) is -0.413. The average Bonchev–Trinajstić information content (AvgIpc) is 2.10. The first-order valence-electron chi connectivity index (χ1n) is 40.7. The van der Waals surface area contributed by atoms with E-state index in [4.69, 9.17) is 49.7 Å². The topological polar surface area (TPSA) is 122 Å². The van der Waals surface area contributed by atoms with Gasteiger partial charge in [0, 0.05) is 101 Å². The Kier molecular flexibility index (Phi) is 19.5. The molecule has 582 valence electrons. The number of hydrogen-bond acceptors (Lipinski definition) is 12. The Balaban J connectivity index is 0.000000120. The van der Waals surface area contributed by atoms with Gasteiger partial charge in [-0.2, -0.15) is 9.97 Å². The zero-order valence-corrected chi connectivity index (χ0v) is 69.3. The van der Waals surface area contributed by atoms with E-state index in [-0.39, 0.29) is 16.5 Å². The molecule has 0 N–H and O–H groups in total. The standard InChI is InChI=1S/C51H31N3OS.C30H27BO3.C27H16ClN3S/c1-3-15-32(16-4-1)38-25-13-27-42-46-43(28-14-30-45(46)56-48(38)42)51-53-49(33-17-5-2-6-18-33)52-50(54-51)41-23-8-7-21-36(41)34-19-11-20-35(31-34)37-24-12-26-40-39-22-9-10-29-44(39)55-47(37)40;1-29(2)30(3,4)34-31(33-29)26-17-7-5-13-22(26)20-11-9-12-21(19-20)23-15-10-16-25-24-14-6-8-18-27(24)32-28(23)25;28-27-30-25(18-11-5-2-6-12-18)29-26(31-27)21-15-8-16-22-23(21)20-14-7-13-19(24(20)32-22)17-9-3-1-4-10-17/h1-31H;5-19H,1-4H3;1-16H. The van der Waals surface area contributed by atoms with Gasteiger partial charge in [0.1, 0.15) is 22.3 Å². The lowest BCUT2D eigenvalue weighted by atomic mass is 9.74. The predicted molar refractivity (Wildman–Crippen MR) is 507 cm³/mol. The van der Waals surface area contributed by atoms with Crippen molar-refractivity contribution >= 4 is 131 Å². The van der Waals surface area contributed by atoms with Gasteiger partial charge in [0.15, 0.2) is 29.1 Å². The number of para-hydroxylation sites is 4. The van der Waals surface area contributed by atoms with E-state index >= 15 is 0 Å². The van der Waals surface area contributed by atoms with Crippen LogP contribution in [0.2, 0.25) is 5.28 Å². The fourth-order valence-corrected chi connectivity index (χ4v) is 19.5. The van der Waals surface area contributed by atoms with Gasteiger partial charge in [-0.15, -0.1) is 22.7 Å². The molecule has 1 aliphatic rings. The summed E-state index contributed by atoms with van der Waals surface area (Å²) in [5.41, 5.74) is 22.1. The molecule has 7 heterocycles. The monoisotopic (exact) mass is 1630 g/mol. The van der Waals surface area contributed by atoms with Crippen molar-refractivity contribution < 1.29 is 18.1 Å². The summed E-state index contributed by atoms with van der Waals surface area (Å²) in [6.07, 6.45) is 0. The molecule has 1 fully saturated rings. The van der Waals surface area contributed by atoms with Gasteiger partial charge in [-0.3, -0.25) is 0 Å². The molecule has 122 heavy (non-hydrogen) atoms. The third-order valence-electron chi connectivity index (χ3n) is 23.4. The number of fused-ring (bicyclic) bond motifs is 12. The maximum Gasteiger partial charge on any atom is 0.495 e. The van der Waals surface area contributed by atoms with Crippen LogP contribution in [-0.2, 0) is 9.31 Å². The molecule has 22 aromatic rings. The van der Waals surface area contributed by atoms with Crippen LogP contribution in [0.25, 0.3) is 208 Å². The molecule has 0 amide bonds. The van der Waals surface area contributed by atoms with Crippen LogP contribution in [0.15, 0.2) is 385 Å². The fourth-order valence-electron chi connectivity index (χ4n) is 16.8. The molecule has 0 bridgehead atoms. The Labute approximate surface area is 717 Å². The highest BCUT2D eigenvalue weighted by molar-refractivity contribution is 7.27. The van der Waals surface area contributed by atoms with Crippen LogP contribution in [0.3, 0.4) is 0 Å². The summed E-state index contributed by atoms with van der Waals surface area (Å²) in [5, 5.41) is 9.39. The summed E-state index contributed by atoms with van der Waals surface area (Å²) >= 11 is 9.95. The normalized spacial score (nSPS) is 13.0. The first kappa shape index (κ1) is 75.3. The van der Waals surface area contributed by atoms with Crippen molar-refractivity contribution in [3.8, 4) is 124 Å². The number of hydrogen-bond donors (Lipinski definition) is 0. The van der Waals surface area contributed by atoms with Crippen LogP contribution in [0, 0.1) is 0 Å². The molecule has 0 unspecified atom stereocenters. The number of rotatable bonds is 12. The van der Waals surface area contributed by atoms with Gasteiger partial charge >= 0.3 is 7.12 Å². The second-order valence-electron chi connectivity index (χ2n) is 31.4. The minimum Gasteiger partial charge on any atom is -0.455 e. The molecule has 0 atom stereocenters. The second-order valence-corrected chi connectivity index (χ2v) is 33.8. The summed E-state index contributed by atoms with van der Waals surface area (Å²) in [5.74, 6) is 3.05. The minimum atomic E-state index is -0.413. The third-order valence-corrected chi connectivity index (χ3v) is 26.0. The summed E-state index contributed by atoms with van der Waals surface area (Å²) < 4.78 is 30.4. The molecule has 0 radical (unpaired) electrons. The zero-order valence-electron chi connectivity index (χ0n) is 66.9. The fraction of sp³-hybridized carbons (Fsp3) is 0.0556. The smallest absolute Gasteiger partial charge is 0.455 e. The first-order valence-corrected chi connectivity index (χ1v) is 42.7. The number of thiophene rings is 2. The van der Waals surface area contributed by atoms with Crippen LogP contribution in [0.4, 0.5) is 0 Å². The van der Waals surface area contributed by atoms with E-state index in [2.05, 4.69) is 329 Å². The van der Waals surface area contributed by atoms with Gasteiger partial charge in [0.25, 0.3) is 0 Å². The molecule has 1 saturated heterocycles. The predicted octanol–water partition coefficient (Wildman–Crippen LogP) is 29.3. The number of nitrogens with zero attached hydrogens (tertiary/aromatic N) is 6. The van der Waals surface area contributed by atoms with Crippen molar-refractivity contribution in [2.24, 2.45) is 0 Å². The number of benzene rings is 16. The zero-order chi connectivity index (χ0) is 82.0. The van der Waals surface area contributed by atoms with E-state index in [1.54, 1.807) is 11.3 Å². The van der Waals surface area contributed by atoms with E-state index < -0.39 is 7.12 Å². The largest absolute Gasteiger partial charge is 0.495 e. The van der Waals surface area contributed by atoms with Crippen LogP contribution >= 0.6 is 34.3 Å². The van der Waals surface area contributed by atoms with Crippen molar-refractivity contribution in [2.75, 3.05) is 0 Å². The SMILES string of the molecule is CC1(C)OB(c2ccccc2-c2cccc(-c3cccc4c3oc3ccccc34)c2)OC1(C)C.Clc1nc(-c2ccccc2)nc(-c2cccc3sc4c(-c5ccccc5)cccc4c23)n1.c1ccc(-c2nc(-c3ccccc3-c3cccc(-c4cccc5c4oc4ccccc45)c3)nc(-c3cccc4sc5c(-c6ccccc6)cccc5c34)n2)cc1. The van der Waals surface area contributed by atoms with Crippen molar-refractivity contribution in [3.63, 3.8) is 0 Å². The number of furan rings is 2. The van der Waals surface area contributed by atoms with Crippen LogP contribution in [0.5, 0.6) is 0 Å². The van der Waals surface area contributed by atoms with Crippen LogP contribution in [-0.4, -0.2) is 48.2 Å².